The Bertz CT molecular complexity index is 595. The minimum Gasteiger partial charge on any atom is -0.478 e. The minimum atomic E-state index is -1.24. The summed E-state index contributed by atoms with van der Waals surface area (Å²) in [7, 11) is 0. The van der Waals surface area contributed by atoms with Crippen LogP contribution in [0.25, 0.3) is 0 Å². The molecule has 1 aliphatic rings. The topological polar surface area (TPSA) is 95.5 Å². The molecule has 0 spiro atoms. The van der Waals surface area contributed by atoms with Gasteiger partial charge in [0, 0.05) is 12.2 Å². The summed E-state index contributed by atoms with van der Waals surface area (Å²) in [4.78, 5) is 33.4. The van der Waals surface area contributed by atoms with Crippen LogP contribution in [0.1, 0.15) is 30.0 Å². The Morgan fingerprint density at radius 3 is 2.71 bits per heavy atom. The molecule has 1 aliphatic carbocycles. The Morgan fingerprint density at radius 2 is 1.95 bits per heavy atom. The molecule has 3 amide bonds. The third-order valence-electron chi connectivity index (χ3n) is 3.29. The van der Waals surface area contributed by atoms with Gasteiger partial charge in [-0.15, -0.1) is 0 Å². The zero-order chi connectivity index (χ0) is 15.2. The van der Waals surface area contributed by atoms with Crippen molar-refractivity contribution in [2.45, 2.75) is 25.3 Å². The van der Waals surface area contributed by atoms with E-state index in [1.165, 1.54) is 5.56 Å². The summed E-state index contributed by atoms with van der Waals surface area (Å²) in [6.45, 7) is 0. The highest BCUT2D eigenvalue weighted by molar-refractivity contribution is 6.02. The monoisotopic (exact) mass is 288 g/mol. The Kier molecular flexibility index (Phi) is 4.71. The second-order valence-electron chi connectivity index (χ2n) is 4.78. The van der Waals surface area contributed by atoms with Crippen LogP contribution in [0.2, 0.25) is 0 Å². The molecule has 110 valence electrons. The fourth-order valence-electron chi connectivity index (χ4n) is 2.40. The van der Waals surface area contributed by atoms with E-state index >= 15 is 0 Å². The number of rotatable bonds is 3. The van der Waals surface area contributed by atoms with E-state index in [4.69, 9.17) is 5.11 Å². The van der Waals surface area contributed by atoms with Gasteiger partial charge in [-0.25, -0.2) is 9.59 Å². The number of hydrogen-bond acceptors (Lipinski definition) is 3. The van der Waals surface area contributed by atoms with Gasteiger partial charge in [0.1, 0.15) is 0 Å². The molecule has 0 saturated carbocycles. The first kappa shape index (κ1) is 14.8. The molecule has 0 fully saturated rings. The molecular weight excluding hydrogens is 272 g/mol. The van der Waals surface area contributed by atoms with Crippen molar-refractivity contribution in [3.05, 3.63) is 47.5 Å². The molecule has 0 aromatic heterocycles. The number of carboxylic acid groups (broad SMARTS) is 1. The standard InChI is InChI=1S/C15H16N2O4/c18-13(8-9-14(19)20)17-15(21)16-12-7-3-5-10-4-1-2-6-11(10)12/h1-2,4,6,8-9,12H,3,5,7H2,(H,19,20)(H2,16,17,18,21). The zero-order valence-electron chi connectivity index (χ0n) is 11.3. The van der Waals surface area contributed by atoms with E-state index in [2.05, 4.69) is 10.6 Å². The Morgan fingerprint density at radius 1 is 1.19 bits per heavy atom. The highest BCUT2D eigenvalue weighted by Crippen LogP contribution is 2.29. The molecule has 0 saturated heterocycles. The van der Waals surface area contributed by atoms with E-state index in [1.54, 1.807) is 0 Å². The number of nitrogens with one attached hydrogen (secondary N) is 2. The van der Waals surface area contributed by atoms with E-state index in [0.29, 0.717) is 6.08 Å². The van der Waals surface area contributed by atoms with Gasteiger partial charge in [-0.2, -0.15) is 0 Å². The molecule has 21 heavy (non-hydrogen) atoms. The molecule has 1 aromatic rings. The molecule has 1 atom stereocenters. The maximum Gasteiger partial charge on any atom is 0.328 e. The summed E-state index contributed by atoms with van der Waals surface area (Å²) < 4.78 is 0. The van der Waals surface area contributed by atoms with Crippen molar-refractivity contribution in [2.75, 3.05) is 0 Å². The predicted molar refractivity (Wildman–Crippen MR) is 75.6 cm³/mol. The van der Waals surface area contributed by atoms with E-state index in [9.17, 15) is 14.4 Å². The quantitative estimate of drug-likeness (QED) is 0.735. The third kappa shape index (κ3) is 4.17. The number of amides is 3. The van der Waals surface area contributed by atoms with Crippen LogP contribution in [-0.2, 0) is 16.0 Å². The summed E-state index contributed by atoms with van der Waals surface area (Å²) in [5.41, 5.74) is 2.26. The van der Waals surface area contributed by atoms with Crippen LogP contribution >= 0.6 is 0 Å². The first-order valence-corrected chi connectivity index (χ1v) is 6.66. The van der Waals surface area contributed by atoms with Crippen molar-refractivity contribution in [1.29, 1.82) is 0 Å². The van der Waals surface area contributed by atoms with Gasteiger partial charge >= 0.3 is 12.0 Å². The predicted octanol–water partition coefficient (Wildman–Crippen LogP) is 1.53. The lowest BCUT2D eigenvalue weighted by Gasteiger charge is -2.26. The van der Waals surface area contributed by atoms with Gasteiger partial charge in [0.2, 0.25) is 0 Å². The molecule has 3 N–H and O–H groups in total. The van der Waals surface area contributed by atoms with Gasteiger partial charge in [0.25, 0.3) is 5.91 Å². The average Bonchev–Trinajstić information content (AvgIpc) is 2.45. The lowest BCUT2D eigenvalue weighted by atomic mass is 9.88. The van der Waals surface area contributed by atoms with Gasteiger partial charge in [0.15, 0.2) is 0 Å². The molecule has 0 radical (unpaired) electrons. The molecule has 0 bridgehead atoms. The molecule has 0 aliphatic heterocycles. The summed E-state index contributed by atoms with van der Waals surface area (Å²) in [5, 5.41) is 13.2. The largest absolute Gasteiger partial charge is 0.478 e. The van der Waals surface area contributed by atoms with Crippen molar-refractivity contribution >= 4 is 17.9 Å². The van der Waals surface area contributed by atoms with Crippen molar-refractivity contribution < 1.29 is 19.5 Å². The number of fused-ring (bicyclic) bond motifs is 1. The van der Waals surface area contributed by atoms with Crippen LogP contribution in [0.4, 0.5) is 4.79 Å². The van der Waals surface area contributed by atoms with E-state index < -0.39 is 17.9 Å². The number of urea groups is 1. The van der Waals surface area contributed by atoms with E-state index in [1.807, 2.05) is 24.3 Å². The minimum absolute atomic E-state index is 0.133. The number of aliphatic carboxylic acids is 1. The highest BCUT2D eigenvalue weighted by atomic mass is 16.4. The first-order chi connectivity index (χ1) is 10.1. The van der Waals surface area contributed by atoms with Gasteiger partial charge in [0.05, 0.1) is 6.04 Å². The fraction of sp³-hybridized carbons (Fsp3) is 0.267. The smallest absolute Gasteiger partial charge is 0.328 e. The second kappa shape index (κ2) is 6.69. The normalized spacial score (nSPS) is 17.0. The first-order valence-electron chi connectivity index (χ1n) is 6.66. The zero-order valence-corrected chi connectivity index (χ0v) is 11.3. The van der Waals surface area contributed by atoms with Crippen molar-refractivity contribution in [3.63, 3.8) is 0 Å². The number of benzene rings is 1. The van der Waals surface area contributed by atoms with Gasteiger partial charge < -0.3 is 10.4 Å². The summed E-state index contributed by atoms with van der Waals surface area (Å²) in [6, 6.07) is 7.11. The number of hydrogen-bond donors (Lipinski definition) is 3. The highest BCUT2D eigenvalue weighted by Gasteiger charge is 2.21. The number of imide groups is 1. The van der Waals surface area contributed by atoms with E-state index in [-0.39, 0.29) is 6.04 Å². The molecule has 1 unspecified atom stereocenters. The SMILES string of the molecule is O=C(O)C=CC(=O)NC(=O)NC1CCCc2ccccc21. The number of aryl methyl sites for hydroxylation is 1. The van der Waals surface area contributed by atoms with E-state index in [0.717, 1.165) is 30.9 Å². The summed E-state index contributed by atoms with van der Waals surface area (Å²) >= 11 is 0. The third-order valence-corrected chi connectivity index (χ3v) is 3.29. The molecular formula is C15H16N2O4. The Hall–Kier alpha value is -2.63. The van der Waals surface area contributed by atoms with Crippen LogP contribution in [0.3, 0.4) is 0 Å². The fourth-order valence-corrected chi connectivity index (χ4v) is 2.40. The number of carbonyl (C=O) groups excluding carboxylic acids is 2. The molecule has 1 aromatic carbocycles. The maximum absolute atomic E-state index is 11.8. The van der Waals surface area contributed by atoms with Crippen molar-refractivity contribution in [1.82, 2.24) is 10.6 Å². The molecule has 0 heterocycles. The van der Waals surface area contributed by atoms with Crippen molar-refractivity contribution in [2.24, 2.45) is 0 Å². The lowest BCUT2D eigenvalue weighted by Crippen LogP contribution is -2.41. The van der Waals surface area contributed by atoms with Crippen LogP contribution in [-0.4, -0.2) is 23.0 Å². The Labute approximate surface area is 121 Å². The maximum atomic E-state index is 11.8. The molecule has 2 rings (SSSR count). The lowest BCUT2D eigenvalue weighted by molar-refractivity contribution is -0.131. The molecule has 6 heteroatoms. The average molecular weight is 288 g/mol. The number of carboxylic acids is 1. The van der Waals surface area contributed by atoms with Crippen LogP contribution in [0.5, 0.6) is 0 Å². The van der Waals surface area contributed by atoms with Gasteiger partial charge in [-0.1, -0.05) is 24.3 Å². The van der Waals surface area contributed by atoms with Crippen molar-refractivity contribution in [3.8, 4) is 0 Å². The van der Waals surface area contributed by atoms with Gasteiger partial charge in [-0.3, -0.25) is 10.1 Å². The van der Waals surface area contributed by atoms with Crippen LogP contribution in [0, 0.1) is 0 Å². The number of carbonyl (C=O) groups is 3. The van der Waals surface area contributed by atoms with Crippen LogP contribution < -0.4 is 10.6 Å². The summed E-state index contributed by atoms with van der Waals surface area (Å²) in [5.74, 6) is -2.01. The Balaban J connectivity index is 1.95. The summed E-state index contributed by atoms with van der Waals surface area (Å²) in [6.07, 6.45) is 4.24. The van der Waals surface area contributed by atoms with Crippen LogP contribution in [0.15, 0.2) is 36.4 Å². The second-order valence-corrected chi connectivity index (χ2v) is 4.78. The molecule has 6 nitrogen and oxygen atoms in total. The van der Waals surface area contributed by atoms with Gasteiger partial charge in [-0.05, 0) is 30.4 Å².